The van der Waals surface area contributed by atoms with Gasteiger partial charge in [0.15, 0.2) is 0 Å². The number of nitrogens with zero attached hydrogens (tertiary/aromatic N) is 2. The van der Waals surface area contributed by atoms with Crippen LogP contribution in [0.2, 0.25) is 0 Å². The van der Waals surface area contributed by atoms with Crippen molar-refractivity contribution in [2.45, 2.75) is 12.5 Å². The van der Waals surface area contributed by atoms with Gasteiger partial charge in [0.25, 0.3) is 0 Å². The zero-order valence-corrected chi connectivity index (χ0v) is 8.94. The maximum atomic E-state index is 10.8. The van der Waals surface area contributed by atoms with Crippen molar-refractivity contribution >= 4 is 23.4 Å². The van der Waals surface area contributed by atoms with Gasteiger partial charge in [-0.2, -0.15) is 0 Å². The summed E-state index contributed by atoms with van der Waals surface area (Å²) in [7, 11) is 0. The molecule has 0 aliphatic heterocycles. The first-order valence-electron chi connectivity index (χ1n) is 4.72. The summed E-state index contributed by atoms with van der Waals surface area (Å²) in [5.41, 5.74) is -0.422. The highest BCUT2D eigenvalue weighted by molar-refractivity contribution is 5.83. The van der Waals surface area contributed by atoms with Gasteiger partial charge in [0, 0.05) is 12.3 Å². The van der Waals surface area contributed by atoms with Gasteiger partial charge in [0.1, 0.15) is 6.04 Å². The Bertz CT molecular complexity index is 489. The van der Waals surface area contributed by atoms with Crippen LogP contribution in [0.25, 0.3) is 0 Å². The van der Waals surface area contributed by atoms with Gasteiger partial charge in [-0.3, -0.25) is 14.9 Å². The molecule has 1 unspecified atom stereocenters. The highest BCUT2D eigenvalue weighted by Gasteiger charge is 2.24. The van der Waals surface area contributed by atoms with E-state index in [-0.39, 0.29) is 5.82 Å². The van der Waals surface area contributed by atoms with Crippen molar-refractivity contribution in [1.29, 1.82) is 0 Å². The van der Waals surface area contributed by atoms with Gasteiger partial charge in [0.05, 0.1) is 11.3 Å². The fraction of sp³-hybridized carbons (Fsp3) is 0.222. The summed E-state index contributed by atoms with van der Waals surface area (Å²) in [6, 6.07) is 0.960. The van der Waals surface area contributed by atoms with E-state index in [1.54, 1.807) is 0 Å². The lowest BCUT2D eigenvalue weighted by atomic mass is 10.2. The molecule has 96 valence electrons. The standard InChI is InChI=1S/C9H9N3O6/c13-7(14)4-5(9(15)16)11-8-6(12(17)18)2-1-3-10-8/h1-3,5H,4H2,(H,10,11)(H,13,14)(H,15,16). The predicted octanol–water partition coefficient (Wildman–Crippen LogP) is 0.330. The van der Waals surface area contributed by atoms with E-state index in [1.807, 2.05) is 0 Å². The lowest BCUT2D eigenvalue weighted by Crippen LogP contribution is -2.32. The summed E-state index contributed by atoms with van der Waals surface area (Å²) in [6.07, 6.45) is 0.512. The van der Waals surface area contributed by atoms with Crippen molar-refractivity contribution in [3.63, 3.8) is 0 Å². The number of anilines is 1. The smallest absolute Gasteiger partial charge is 0.326 e. The first-order chi connectivity index (χ1) is 8.41. The Balaban J connectivity index is 2.97. The second-order valence-corrected chi connectivity index (χ2v) is 3.26. The molecule has 1 aromatic heterocycles. The van der Waals surface area contributed by atoms with Crippen molar-refractivity contribution in [1.82, 2.24) is 4.98 Å². The Morgan fingerprint density at radius 1 is 1.50 bits per heavy atom. The summed E-state index contributed by atoms with van der Waals surface area (Å²) >= 11 is 0. The minimum absolute atomic E-state index is 0.281. The molecule has 0 spiro atoms. The second-order valence-electron chi connectivity index (χ2n) is 3.26. The van der Waals surface area contributed by atoms with E-state index in [0.29, 0.717) is 0 Å². The Labute approximate surface area is 100 Å². The molecule has 0 amide bonds. The van der Waals surface area contributed by atoms with Gasteiger partial charge in [-0.25, -0.2) is 9.78 Å². The molecule has 0 aliphatic rings. The zero-order valence-electron chi connectivity index (χ0n) is 8.94. The van der Waals surface area contributed by atoms with E-state index in [9.17, 15) is 19.7 Å². The average Bonchev–Trinajstić information content (AvgIpc) is 2.27. The minimum Gasteiger partial charge on any atom is -0.481 e. The van der Waals surface area contributed by atoms with Crippen LogP contribution < -0.4 is 5.32 Å². The summed E-state index contributed by atoms with van der Waals surface area (Å²) in [5.74, 6) is -3.05. The average molecular weight is 255 g/mol. The summed E-state index contributed by atoms with van der Waals surface area (Å²) in [4.78, 5) is 34.8. The van der Waals surface area contributed by atoms with Crippen LogP contribution >= 0.6 is 0 Å². The number of rotatable bonds is 6. The lowest BCUT2D eigenvalue weighted by Gasteiger charge is -2.12. The third-order valence-corrected chi connectivity index (χ3v) is 1.97. The zero-order chi connectivity index (χ0) is 13.7. The third-order valence-electron chi connectivity index (χ3n) is 1.97. The molecule has 0 saturated carbocycles. The number of hydrogen-bond donors (Lipinski definition) is 3. The molecule has 1 rings (SSSR count). The molecule has 0 fully saturated rings. The Morgan fingerprint density at radius 2 is 2.17 bits per heavy atom. The number of aliphatic carboxylic acids is 2. The van der Waals surface area contributed by atoms with Crippen LogP contribution in [0.4, 0.5) is 11.5 Å². The number of carboxylic acid groups (broad SMARTS) is 2. The van der Waals surface area contributed by atoms with Gasteiger partial charge < -0.3 is 15.5 Å². The molecule has 0 bridgehead atoms. The van der Waals surface area contributed by atoms with Gasteiger partial charge >= 0.3 is 17.6 Å². The molecule has 1 atom stereocenters. The van der Waals surface area contributed by atoms with Gasteiger partial charge in [-0.1, -0.05) is 0 Å². The van der Waals surface area contributed by atoms with Crippen LogP contribution in [0, 0.1) is 10.1 Å². The molecule has 3 N–H and O–H groups in total. The largest absolute Gasteiger partial charge is 0.481 e. The fourth-order valence-corrected chi connectivity index (χ4v) is 1.20. The van der Waals surface area contributed by atoms with Gasteiger partial charge in [-0.15, -0.1) is 0 Å². The number of nitro groups is 1. The van der Waals surface area contributed by atoms with E-state index >= 15 is 0 Å². The van der Waals surface area contributed by atoms with Crippen molar-refractivity contribution in [3.05, 3.63) is 28.4 Å². The molecule has 0 aliphatic carbocycles. The number of pyridine rings is 1. The Hall–Kier alpha value is -2.71. The topological polar surface area (TPSA) is 143 Å². The number of aromatic nitrogens is 1. The van der Waals surface area contributed by atoms with Crippen LogP contribution in [0.3, 0.4) is 0 Å². The van der Waals surface area contributed by atoms with Crippen molar-refractivity contribution in [2.24, 2.45) is 0 Å². The highest BCUT2D eigenvalue weighted by atomic mass is 16.6. The Morgan fingerprint density at radius 3 is 2.67 bits per heavy atom. The highest BCUT2D eigenvalue weighted by Crippen LogP contribution is 2.21. The molecule has 9 nitrogen and oxygen atoms in total. The number of carboxylic acids is 2. The van der Waals surface area contributed by atoms with Crippen LogP contribution in [-0.4, -0.2) is 38.1 Å². The first-order valence-corrected chi connectivity index (χ1v) is 4.72. The van der Waals surface area contributed by atoms with Crippen molar-refractivity contribution in [2.75, 3.05) is 5.32 Å². The molecule has 0 saturated heterocycles. The molecule has 9 heteroatoms. The van der Waals surface area contributed by atoms with Crippen LogP contribution in [0.15, 0.2) is 18.3 Å². The molecule has 18 heavy (non-hydrogen) atoms. The summed E-state index contributed by atoms with van der Waals surface area (Å²) < 4.78 is 0. The van der Waals surface area contributed by atoms with Crippen LogP contribution in [-0.2, 0) is 9.59 Å². The predicted molar refractivity (Wildman–Crippen MR) is 58.2 cm³/mol. The molecule has 1 heterocycles. The van der Waals surface area contributed by atoms with E-state index in [0.717, 1.165) is 6.07 Å². The van der Waals surface area contributed by atoms with E-state index in [1.165, 1.54) is 12.3 Å². The van der Waals surface area contributed by atoms with Crippen LogP contribution in [0.1, 0.15) is 6.42 Å². The van der Waals surface area contributed by atoms with E-state index in [2.05, 4.69) is 10.3 Å². The number of carbonyl (C=O) groups is 2. The maximum absolute atomic E-state index is 10.8. The molecule has 0 aromatic carbocycles. The second kappa shape index (κ2) is 5.57. The Kier molecular flexibility index (Phi) is 4.13. The third kappa shape index (κ3) is 3.40. The molecular formula is C9H9N3O6. The van der Waals surface area contributed by atoms with E-state index < -0.39 is 35.0 Å². The quantitative estimate of drug-likeness (QED) is 0.487. The summed E-state index contributed by atoms with van der Waals surface area (Å²) in [5, 5.41) is 30.2. The normalized spacial score (nSPS) is 11.6. The lowest BCUT2D eigenvalue weighted by molar-refractivity contribution is -0.384. The SMILES string of the molecule is O=C(O)CC(Nc1ncccc1[N+](=O)[O-])C(=O)O. The van der Waals surface area contributed by atoms with Gasteiger partial charge in [0.2, 0.25) is 5.82 Å². The molecular weight excluding hydrogens is 246 g/mol. The monoisotopic (exact) mass is 255 g/mol. The van der Waals surface area contributed by atoms with E-state index in [4.69, 9.17) is 10.2 Å². The fourth-order valence-electron chi connectivity index (χ4n) is 1.20. The summed E-state index contributed by atoms with van der Waals surface area (Å²) in [6.45, 7) is 0. The van der Waals surface area contributed by atoms with Gasteiger partial charge in [-0.05, 0) is 6.07 Å². The number of nitrogens with one attached hydrogen (secondary N) is 1. The molecule has 1 aromatic rings. The maximum Gasteiger partial charge on any atom is 0.326 e. The molecule has 0 radical (unpaired) electrons. The van der Waals surface area contributed by atoms with Crippen molar-refractivity contribution in [3.8, 4) is 0 Å². The first kappa shape index (κ1) is 13.4. The minimum atomic E-state index is -1.49. The number of hydrogen-bond acceptors (Lipinski definition) is 6. The van der Waals surface area contributed by atoms with Crippen LogP contribution in [0.5, 0.6) is 0 Å². The van der Waals surface area contributed by atoms with Crippen molar-refractivity contribution < 1.29 is 24.7 Å².